The monoisotopic (exact) mass is 492 g/mol. The fourth-order valence-electron chi connectivity index (χ4n) is 3.59. The largest absolute Gasteiger partial charge is 0.483 e. The van der Waals surface area contributed by atoms with Crippen LogP contribution in [-0.2, 0) is 16.1 Å². The average Bonchev–Trinajstić information content (AvgIpc) is 2.76. The van der Waals surface area contributed by atoms with Crippen molar-refractivity contribution in [1.29, 1.82) is 0 Å². The van der Waals surface area contributed by atoms with Crippen LogP contribution in [0, 0.1) is 20.8 Å². The molecule has 0 bridgehead atoms. The number of nitrogens with zero attached hydrogens (tertiary/aromatic N) is 1. The maximum atomic E-state index is 13.4. The topological polar surface area (TPSA) is 58.6 Å². The van der Waals surface area contributed by atoms with E-state index in [4.69, 9.17) is 27.9 Å². The Bertz CT molecular complexity index is 973. The van der Waals surface area contributed by atoms with Gasteiger partial charge in [0.25, 0.3) is 5.91 Å². The number of nitrogens with one attached hydrogen (secondary N) is 1. The third-order valence-corrected chi connectivity index (χ3v) is 6.60. The minimum Gasteiger partial charge on any atom is -0.483 e. The fourth-order valence-corrected chi connectivity index (χ4v) is 4.10. The van der Waals surface area contributed by atoms with E-state index in [1.807, 2.05) is 47.6 Å². The summed E-state index contributed by atoms with van der Waals surface area (Å²) in [7, 11) is 0. The summed E-state index contributed by atoms with van der Waals surface area (Å²) in [5.74, 6) is 0.148. The van der Waals surface area contributed by atoms with E-state index >= 15 is 0 Å². The van der Waals surface area contributed by atoms with E-state index < -0.39 is 6.04 Å². The molecule has 0 aromatic heterocycles. The van der Waals surface area contributed by atoms with Crippen molar-refractivity contribution in [2.75, 3.05) is 6.61 Å². The minimum atomic E-state index is -0.678. The number of benzene rings is 2. The van der Waals surface area contributed by atoms with Crippen molar-refractivity contribution in [1.82, 2.24) is 10.2 Å². The van der Waals surface area contributed by atoms with E-state index in [9.17, 15) is 9.59 Å². The number of hydrogen-bond donors (Lipinski definition) is 1. The van der Waals surface area contributed by atoms with E-state index in [-0.39, 0.29) is 31.0 Å². The van der Waals surface area contributed by atoms with Crippen LogP contribution < -0.4 is 10.1 Å². The predicted octanol–water partition coefficient (Wildman–Crippen LogP) is 6.02. The highest BCUT2D eigenvalue weighted by molar-refractivity contribution is 6.36. The quantitative estimate of drug-likeness (QED) is 0.440. The lowest BCUT2D eigenvalue weighted by Crippen LogP contribution is -2.51. The molecule has 1 N–H and O–H groups in total. The molecule has 2 aromatic rings. The summed E-state index contributed by atoms with van der Waals surface area (Å²) in [5, 5.41) is 3.88. The predicted molar refractivity (Wildman–Crippen MR) is 135 cm³/mol. The van der Waals surface area contributed by atoms with Gasteiger partial charge in [-0.05, 0) is 75.4 Å². The van der Waals surface area contributed by atoms with Crippen molar-refractivity contribution in [2.24, 2.45) is 0 Å². The van der Waals surface area contributed by atoms with Gasteiger partial charge in [0, 0.05) is 28.2 Å². The van der Waals surface area contributed by atoms with Gasteiger partial charge in [0.05, 0.1) is 0 Å². The third kappa shape index (κ3) is 7.12. The molecule has 0 spiro atoms. The molecule has 0 fully saturated rings. The van der Waals surface area contributed by atoms with Crippen molar-refractivity contribution >= 4 is 35.0 Å². The van der Waals surface area contributed by atoms with Crippen molar-refractivity contribution < 1.29 is 14.3 Å². The highest BCUT2D eigenvalue weighted by Crippen LogP contribution is 2.28. The van der Waals surface area contributed by atoms with Gasteiger partial charge in [-0.15, -0.1) is 0 Å². The average molecular weight is 493 g/mol. The van der Waals surface area contributed by atoms with Gasteiger partial charge in [-0.25, -0.2) is 0 Å². The summed E-state index contributed by atoms with van der Waals surface area (Å²) >= 11 is 12.8. The van der Waals surface area contributed by atoms with E-state index in [1.165, 1.54) is 4.90 Å². The number of hydrogen-bond acceptors (Lipinski definition) is 3. The summed E-state index contributed by atoms with van der Waals surface area (Å²) in [6, 6.07) is 8.51. The highest BCUT2D eigenvalue weighted by atomic mass is 35.5. The van der Waals surface area contributed by atoms with Gasteiger partial charge in [0.1, 0.15) is 11.8 Å². The molecule has 0 unspecified atom stereocenters. The summed E-state index contributed by atoms with van der Waals surface area (Å²) in [4.78, 5) is 28.0. The molecule has 2 amide bonds. The van der Waals surface area contributed by atoms with Crippen LogP contribution in [0.4, 0.5) is 0 Å². The Morgan fingerprint density at radius 3 is 2.27 bits per heavy atom. The Balaban J connectivity index is 2.34. The number of ether oxygens (including phenoxy) is 1. The molecule has 2 atom stereocenters. The van der Waals surface area contributed by atoms with Gasteiger partial charge in [-0.3, -0.25) is 9.59 Å². The number of carbonyl (C=O) groups is 2. The van der Waals surface area contributed by atoms with E-state index in [0.29, 0.717) is 27.8 Å². The van der Waals surface area contributed by atoms with Gasteiger partial charge in [-0.1, -0.05) is 49.2 Å². The second-order valence-electron chi connectivity index (χ2n) is 8.46. The van der Waals surface area contributed by atoms with Crippen LogP contribution in [0.1, 0.15) is 55.9 Å². The summed E-state index contributed by atoms with van der Waals surface area (Å²) in [6.45, 7) is 11.7. The Hall–Kier alpha value is -2.24. The maximum Gasteiger partial charge on any atom is 0.261 e. The van der Waals surface area contributed by atoms with Gasteiger partial charge < -0.3 is 15.0 Å². The molecule has 2 aromatic carbocycles. The normalized spacial score (nSPS) is 12.7. The fraction of sp³-hybridized carbons (Fsp3) is 0.462. The molecule has 0 aliphatic rings. The zero-order valence-corrected chi connectivity index (χ0v) is 21.8. The molecule has 7 heteroatoms. The number of halogens is 2. The number of amides is 2. The molecule has 0 radical (unpaired) electrons. The maximum absolute atomic E-state index is 13.4. The third-order valence-electron chi connectivity index (χ3n) is 5.89. The first kappa shape index (κ1) is 27.0. The van der Waals surface area contributed by atoms with Crippen LogP contribution in [0.25, 0.3) is 0 Å². The minimum absolute atomic E-state index is 0.00146. The first-order chi connectivity index (χ1) is 15.6. The summed E-state index contributed by atoms with van der Waals surface area (Å²) < 4.78 is 5.93. The van der Waals surface area contributed by atoms with Crippen LogP contribution in [-0.4, -0.2) is 35.4 Å². The first-order valence-electron chi connectivity index (χ1n) is 11.3. The molecule has 2 rings (SSSR count). The number of aryl methyl sites for hydroxylation is 2. The SMILES string of the molecule is CC[C@@H](C)NC(=O)[C@@H](CC)N(Cc1c(Cl)cccc1Cl)C(=O)COc1cc(C)cc(C)c1C. The summed E-state index contributed by atoms with van der Waals surface area (Å²) in [5.41, 5.74) is 3.73. The number of rotatable bonds is 10. The van der Waals surface area contributed by atoms with Crippen molar-refractivity contribution in [2.45, 2.75) is 73.0 Å². The van der Waals surface area contributed by atoms with E-state index in [1.54, 1.807) is 18.2 Å². The summed E-state index contributed by atoms with van der Waals surface area (Å²) in [6.07, 6.45) is 1.24. The van der Waals surface area contributed by atoms with E-state index in [0.717, 1.165) is 23.1 Å². The molecular formula is C26H34Cl2N2O3. The molecular weight excluding hydrogens is 459 g/mol. The smallest absolute Gasteiger partial charge is 0.261 e. The molecule has 33 heavy (non-hydrogen) atoms. The van der Waals surface area contributed by atoms with Crippen molar-refractivity contribution in [3.63, 3.8) is 0 Å². The zero-order valence-electron chi connectivity index (χ0n) is 20.3. The lowest BCUT2D eigenvalue weighted by Gasteiger charge is -2.32. The van der Waals surface area contributed by atoms with Crippen LogP contribution in [0.3, 0.4) is 0 Å². The van der Waals surface area contributed by atoms with Gasteiger partial charge in [-0.2, -0.15) is 0 Å². The Morgan fingerprint density at radius 1 is 1.06 bits per heavy atom. The highest BCUT2D eigenvalue weighted by Gasteiger charge is 2.30. The van der Waals surface area contributed by atoms with Gasteiger partial charge in [0.15, 0.2) is 6.61 Å². The molecule has 0 saturated carbocycles. The Kier molecular flexibility index (Phi) is 10.1. The second-order valence-corrected chi connectivity index (χ2v) is 9.27. The molecule has 0 aliphatic heterocycles. The lowest BCUT2D eigenvalue weighted by molar-refractivity contribution is -0.143. The second kappa shape index (κ2) is 12.3. The Labute approximate surface area is 207 Å². The van der Waals surface area contributed by atoms with Crippen LogP contribution in [0.5, 0.6) is 5.75 Å². The van der Waals surface area contributed by atoms with Crippen LogP contribution in [0.2, 0.25) is 10.0 Å². The Morgan fingerprint density at radius 2 is 1.70 bits per heavy atom. The van der Waals surface area contributed by atoms with Gasteiger partial charge >= 0.3 is 0 Å². The first-order valence-corrected chi connectivity index (χ1v) is 12.1. The van der Waals surface area contributed by atoms with Crippen molar-refractivity contribution in [3.8, 4) is 5.75 Å². The zero-order chi connectivity index (χ0) is 24.7. The van der Waals surface area contributed by atoms with Crippen molar-refractivity contribution in [3.05, 3.63) is 62.6 Å². The molecule has 0 aliphatic carbocycles. The lowest BCUT2D eigenvalue weighted by atomic mass is 10.1. The number of carbonyl (C=O) groups excluding carboxylic acids is 2. The standard InChI is InChI=1S/C26H34Cl2N2O3/c1-7-18(5)29-26(32)23(8-2)30(14-20-21(27)10-9-11-22(20)28)25(31)15-33-24-13-16(3)12-17(4)19(24)6/h9-13,18,23H,7-8,14-15H2,1-6H3,(H,29,32)/t18-,23-/m1/s1. The molecule has 0 heterocycles. The molecule has 180 valence electrons. The van der Waals surface area contributed by atoms with Crippen LogP contribution >= 0.6 is 23.2 Å². The van der Waals surface area contributed by atoms with Crippen LogP contribution in [0.15, 0.2) is 30.3 Å². The van der Waals surface area contributed by atoms with E-state index in [2.05, 4.69) is 11.4 Å². The molecule has 5 nitrogen and oxygen atoms in total. The molecule has 0 saturated heterocycles. The van der Waals surface area contributed by atoms with Gasteiger partial charge in [0.2, 0.25) is 5.91 Å².